The highest BCUT2D eigenvalue weighted by molar-refractivity contribution is 7.17. The Balaban J connectivity index is 1.93. The second-order valence-corrected chi connectivity index (χ2v) is 5.70. The molecule has 0 saturated carbocycles. The molecule has 4 rings (SSSR count). The van der Waals surface area contributed by atoms with Crippen molar-refractivity contribution in [3.8, 4) is 11.4 Å². The molecule has 0 aliphatic heterocycles. The number of aromatic amines is 1. The van der Waals surface area contributed by atoms with Gasteiger partial charge in [-0.2, -0.15) is 0 Å². The fourth-order valence-electron chi connectivity index (χ4n) is 2.47. The van der Waals surface area contributed by atoms with Crippen LogP contribution in [0.15, 0.2) is 47.8 Å². The van der Waals surface area contributed by atoms with Crippen LogP contribution in [0.2, 0.25) is 0 Å². The lowest BCUT2D eigenvalue weighted by atomic mass is 10.2. The van der Waals surface area contributed by atoms with Gasteiger partial charge in [0.1, 0.15) is 5.82 Å². The number of fused-ring (bicyclic) bond motifs is 2. The van der Waals surface area contributed by atoms with Gasteiger partial charge in [-0.1, -0.05) is 24.3 Å². The first-order valence-corrected chi connectivity index (χ1v) is 7.38. The first kappa shape index (κ1) is 11.6. The Hall–Kier alpha value is -2.17. The Morgan fingerprint density at radius 1 is 1.15 bits per heavy atom. The maximum Gasteiger partial charge on any atom is 0.139 e. The Bertz CT molecular complexity index is 904. The van der Waals surface area contributed by atoms with Crippen molar-refractivity contribution >= 4 is 32.5 Å². The van der Waals surface area contributed by atoms with E-state index < -0.39 is 0 Å². The van der Waals surface area contributed by atoms with Gasteiger partial charge in [0, 0.05) is 27.6 Å². The molecule has 20 heavy (non-hydrogen) atoms. The molecular formula is C16H13N3S. The molecule has 4 aromatic rings. The summed E-state index contributed by atoms with van der Waals surface area (Å²) < 4.78 is 1.28. The van der Waals surface area contributed by atoms with Gasteiger partial charge in [-0.3, -0.25) is 0 Å². The first-order chi connectivity index (χ1) is 9.85. The van der Waals surface area contributed by atoms with Crippen molar-refractivity contribution < 1.29 is 0 Å². The molecule has 0 amide bonds. The van der Waals surface area contributed by atoms with Gasteiger partial charge in [0.25, 0.3) is 0 Å². The number of H-pyrrole nitrogens is 1. The van der Waals surface area contributed by atoms with Crippen LogP contribution in [0.1, 0.15) is 5.56 Å². The van der Waals surface area contributed by atoms with Crippen LogP contribution in [0.25, 0.3) is 32.5 Å². The van der Waals surface area contributed by atoms with Gasteiger partial charge in [-0.05, 0) is 23.8 Å². The third kappa shape index (κ3) is 1.73. The lowest BCUT2D eigenvalue weighted by Crippen LogP contribution is -1.95. The standard InChI is InChI=1S/C16H13N3S/c17-8-10-5-6-13-14(7-10)19-16(18-13)12-9-20-15-4-2-1-3-11(12)15/h1-7,9H,8,17H2,(H,18,19). The van der Waals surface area contributed by atoms with E-state index in [1.54, 1.807) is 11.3 Å². The third-order valence-electron chi connectivity index (χ3n) is 3.52. The number of nitrogens with zero attached hydrogens (tertiary/aromatic N) is 1. The predicted octanol–water partition coefficient (Wildman–Crippen LogP) is 3.90. The van der Waals surface area contributed by atoms with E-state index in [1.807, 2.05) is 12.1 Å². The molecule has 0 bridgehead atoms. The van der Waals surface area contributed by atoms with Gasteiger partial charge >= 0.3 is 0 Å². The zero-order chi connectivity index (χ0) is 13.5. The minimum absolute atomic E-state index is 0.547. The average Bonchev–Trinajstić information content (AvgIpc) is 3.09. The summed E-state index contributed by atoms with van der Waals surface area (Å²) in [6, 6.07) is 14.5. The summed E-state index contributed by atoms with van der Waals surface area (Å²) in [4.78, 5) is 8.10. The highest BCUT2D eigenvalue weighted by atomic mass is 32.1. The summed E-state index contributed by atoms with van der Waals surface area (Å²) in [6.07, 6.45) is 0. The number of rotatable bonds is 2. The number of imidazole rings is 1. The number of benzene rings is 2. The monoisotopic (exact) mass is 279 g/mol. The van der Waals surface area contributed by atoms with Crippen molar-refractivity contribution in [3.63, 3.8) is 0 Å². The van der Waals surface area contributed by atoms with E-state index in [9.17, 15) is 0 Å². The molecule has 0 radical (unpaired) electrons. The molecule has 0 spiro atoms. The molecular weight excluding hydrogens is 266 g/mol. The Morgan fingerprint density at radius 2 is 2.05 bits per heavy atom. The maximum atomic E-state index is 5.68. The summed E-state index contributed by atoms with van der Waals surface area (Å²) in [7, 11) is 0. The van der Waals surface area contributed by atoms with Crippen molar-refractivity contribution in [2.24, 2.45) is 5.73 Å². The molecule has 0 aliphatic rings. The maximum absolute atomic E-state index is 5.68. The first-order valence-electron chi connectivity index (χ1n) is 6.50. The lowest BCUT2D eigenvalue weighted by molar-refractivity contribution is 1.07. The van der Waals surface area contributed by atoms with Gasteiger partial charge in [0.15, 0.2) is 0 Å². The second-order valence-electron chi connectivity index (χ2n) is 4.79. The van der Waals surface area contributed by atoms with E-state index in [0.717, 1.165) is 28.0 Å². The molecule has 2 aromatic carbocycles. The smallest absolute Gasteiger partial charge is 0.139 e. The zero-order valence-electron chi connectivity index (χ0n) is 10.8. The van der Waals surface area contributed by atoms with Crippen LogP contribution in [0.4, 0.5) is 0 Å². The quantitative estimate of drug-likeness (QED) is 0.584. The van der Waals surface area contributed by atoms with Gasteiger partial charge in [-0.25, -0.2) is 4.98 Å². The Labute approximate surface area is 120 Å². The van der Waals surface area contributed by atoms with E-state index in [-0.39, 0.29) is 0 Å². The van der Waals surface area contributed by atoms with Crippen LogP contribution in [-0.4, -0.2) is 9.97 Å². The number of aromatic nitrogens is 2. The second kappa shape index (κ2) is 4.44. The molecule has 4 heteroatoms. The van der Waals surface area contributed by atoms with E-state index in [0.29, 0.717) is 6.54 Å². The van der Waals surface area contributed by atoms with Crippen molar-refractivity contribution in [2.75, 3.05) is 0 Å². The fraction of sp³-hybridized carbons (Fsp3) is 0.0625. The number of nitrogens with two attached hydrogens (primary N) is 1. The molecule has 98 valence electrons. The predicted molar refractivity (Wildman–Crippen MR) is 84.8 cm³/mol. The molecule has 2 aromatic heterocycles. The topological polar surface area (TPSA) is 54.7 Å². The van der Waals surface area contributed by atoms with E-state index in [1.165, 1.54) is 10.1 Å². The van der Waals surface area contributed by atoms with Crippen molar-refractivity contribution in [2.45, 2.75) is 6.54 Å². The van der Waals surface area contributed by atoms with E-state index in [2.05, 4.69) is 40.7 Å². The van der Waals surface area contributed by atoms with Crippen LogP contribution in [0.5, 0.6) is 0 Å². The number of hydrogen-bond donors (Lipinski definition) is 2. The highest BCUT2D eigenvalue weighted by Gasteiger charge is 2.10. The molecule has 2 heterocycles. The highest BCUT2D eigenvalue weighted by Crippen LogP contribution is 2.33. The summed E-state index contributed by atoms with van der Waals surface area (Å²) in [5.74, 6) is 0.923. The third-order valence-corrected chi connectivity index (χ3v) is 4.48. The Morgan fingerprint density at radius 3 is 2.95 bits per heavy atom. The number of thiophene rings is 1. The van der Waals surface area contributed by atoms with Crippen LogP contribution in [0.3, 0.4) is 0 Å². The summed E-state index contributed by atoms with van der Waals surface area (Å²) in [6.45, 7) is 0.547. The molecule has 0 fully saturated rings. The van der Waals surface area contributed by atoms with E-state index in [4.69, 9.17) is 10.7 Å². The molecule has 3 nitrogen and oxygen atoms in total. The molecule has 0 atom stereocenters. The van der Waals surface area contributed by atoms with Crippen molar-refractivity contribution in [3.05, 3.63) is 53.4 Å². The fourth-order valence-corrected chi connectivity index (χ4v) is 3.42. The Kier molecular flexibility index (Phi) is 2.58. The minimum atomic E-state index is 0.547. The van der Waals surface area contributed by atoms with Crippen LogP contribution in [0, 0.1) is 0 Å². The molecule has 0 aliphatic carbocycles. The average molecular weight is 279 g/mol. The van der Waals surface area contributed by atoms with Crippen LogP contribution >= 0.6 is 11.3 Å². The minimum Gasteiger partial charge on any atom is -0.338 e. The van der Waals surface area contributed by atoms with Crippen LogP contribution in [-0.2, 0) is 6.54 Å². The van der Waals surface area contributed by atoms with Crippen molar-refractivity contribution in [1.29, 1.82) is 0 Å². The number of nitrogens with one attached hydrogen (secondary N) is 1. The van der Waals surface area contributed by atoms with Crippen LogP contribution < -0.4 is 5.73 Å². The van der Waals surface area contributed by atoms with E-state index >= 15 is 0 Å². The summed E-state index contributed by atoms with van der Waals surface area (Å²) in [5.41, 5.74) is 9.98. The number of hydrogen-bond acceptors (Lipinski definition) is 3. The largest absolute Gasteiger partial charge is 0.338 e. The normalized spacial score (nSPS) is 11.4. The van der Waals surface area contributed by atoms with Gasteiger partial charge in [0.2, 0.25) is 0 Å². The lowest BCUT2D eigenvalue weighted by Gasteiger charge is -1.94. The molecule has 0 unspecified atom stereocenters. The van der Waals surface area contributed by atoms with Crippen molar-refractivity contribution in [1.82, 2.24) is 9.97 Å². The van der Waals surface area contributed by atoms with Gasteiger partial charge in [0.05, 0.1) is 11.0 Å². The zero-order valence-corrected chi connectivity index (χ0v) is 11.6. The SMILES string of the molecule is NCc1ccc2nc(-c3csc4ccccc34)[nH]c2c1. The summed E-state index contributed by atoms with van der Waals surface area (Å²) in [5, 5.41) is 3.40. The molecule has 0 saturated heterocycles. The molecule has 3 N–H and O–H groups in total. The van der Waals surface area contributed by atoms with Gasteiger partial charge < -0.3 is 10.7 Å². The summed E-state index contributed by atoms with van der Waals surface area (Å²) >= 11 is 1.75. The van der Waals surface area contributed by atoms with Gasteiger partial charge in [-0.15, -0.1) is 11.3 Å².